The Bertz CT molecular complexity index is 1020. The molecule has 0 fully saturated rings. The van der Waals surface area contributed by atoms with Gasteiger partial charge in [-0.3, -0.25) is 10.2 Å². The first kappa shape index (κ1) is 19.8. The highest BCUT2D eigenvalue weighted by Crippen LogP contribution is 2.34. The number of rotatable bonds is 4. The number of aliphatic hydroxyl groups excluding tert-OH is 1. The molecule has 0 saturated carbocycles. The zero-order valence-electron chi connectivity index (χ0n) is 15.0. The van der Waals surface area contributed by atoms with Gasteiger partial charge in [0, 0.05) is 12.1 Å². The Labute approximate surface area is 175 Å². The van der Waals surface area contributed by atoms with E-state index in [1.54, 1.807) is 0 Å². The number of nitrogens with one attached hydrogen (secondary N) is 2. The molecule has 11 heteroatoms. The Morgan fingerprint density at radius 3 is 2.90 bits per heavy atom. The summed E-state index contributed by atoms with van der Waals surface area (Å²) in [6.45, 7) is 0.919. The number of carbonyl (C=O) groups excluding carboxylic acids is 1. The minimum absolute atomic E-state index is 0.108. The molecule has 0 aliphatic carbocycles. The standard InChI is InChI=1S/C18H16Cl2FN5O3/c19-11-5-9(21)1-2-14(11)29-18-10-3-4-26(7-12(10)23-15(8-27)24-18)13-6-22-25-17(28)16(13)20/h1-2,5,22,27H,3-4,6-8H2,(H,25,28). The van der Waals surface area contributed by atoms with E-state index in [1.165, 1.54) is 12.1 Å². The lowest BCUT2D eigenvalue weighted by atomic mass is 10.0. The van der Waals surface area contributed by atoms with Gasteiger partial charge in [0.2, 0.25) is 5.88 Å². The monoisotopic (exact) mass is 439 g/mol. The second-order valence-electron chi connectivity index (χ2n) is 6.45. The van der Waals surface area contributed by atoms with Crippen LogP contribution < -0.4 is 15.6 Å². The number of aromatic nitrogens is 2. The molecular formula is C18H16Cl2FN5O3. The molecule has 0 saturated heterocycles. The van der Waals surface area contributed by atoms with Crippen molar-refractivity contribution >= 4 is 29.1 Å². The Balaban J connectivity index is 1.67. The van der Waals surface area contributed by atoms with Crippen LogP contribution in [0, 0.1) is 5.82 Å². The molecule has 0 radical (unpaired) electrons. The summed E-state index contributed by atoms with van der Waals surface area (Å²) >= 11 is 12.2. The first-order chi connectivity index (χ1) is 14.0. The lowest BCUT2D eigenvalue weighted by Gasteiger charge is -2.34. The van der Waals surface area contributed by atoms with Crippen LogP contribution in [0.25, 0.3) is 0 Å². The van der Waals surface area contributed by atoms with Crippen molar-refractivity contribution in [2.75, 3.05) is 13.1 Å². The third kappa shape index (κ3) is 3.99. The van der Waals surface area contributed by atoms with Gasteiger partial charge in [-0.05, 0) is 24.6 Å². The van der Waals surface area contributed by atoms with Crippen LogP contribution in [0.4, 0.5) is 4.39 Å². The fourth-order valence-corrected chi connectivity index (χ4v) is 3.65. The van der Waals surface area contributed by atoms with Gasteiger partial charge in [-0.1, -0.05) is 23.2 Å². The number of ether oxygens (including phenoxy) is 1. The lowest BCUT2D eigenvalue weighted by molar-refractivity contribution is -0.118. The summed E-state index contributed by atoms with van der Waals surface area (Å²) in [6.07, 6.45) is 0.518. The summed E-state index contributed by atoms with van der Waals surface area (Å²) in [6, 6.07) is 3.80. The van der Waals surface area contributed by atoms with Gasteiger partial charge in [-0.25, -0.2) is 14.8 Å². The van der Waals surface area contributed by atoms with Crippen molar-refractivity contribution in [1.82, 2.24) is 25.7 Å². The molecule has 1 aromatic carbocycles. The molecule has 0 unspecified atom stereocenters. The molecule has 1 aromatic heterocycles. The summed E-state index contributed by atoms with van der Waals surface area (Å²) in [5, 5.41) is 9.78. The smallest absolute Gasteiger partial charge is 0.278 e. The van der Waals surface area contributed by atoms with E-state index >= 15 is 0 Å². The molecule has 3 N–H and O–H groups in total. The van der Waals surface area contributed by atoms with E-state index in [4.69, 9.17) is 27.9 Å². The Morgan fingerprint density at radius 1 is 1.31 bits per heavy atom. The van der Waals surface area contributed by atoms with E-state index in [0.717, 1.165) is 11.6 Å². The van der Waals surface area contributed by atoms with Gasteiger partial charge in [0.15, 0.2) is 5.82 Å². The van der Waals surface area contributed by atoms with Crippen LogP contribution in [-0.4, -0.2) is 39.0 Å². The van der Waals surface area contributed by atoms with Crippen molar-refractivity contribution < 1.29 is 19.0 Å². The maximum Gasteiger partial charge on any atom is 0.278 e. The SMILES string of the molecule is O=C1NNCC(N2CCc3c(nc(CO)nc3Oc3ccc(F)cc3Cl)C2)=C1Cl. The van der Waals surface area contributed by atoms with E-state index in [1.807, 2.05) is 4.90 Å². The average molecular weight is 440 g/mol. The third-order valence-electron chi connectivity index (χ3n) is 4.61. The summed E-state index contributed by atoms with van der Waals surface area (Å²) in [5.74, 6) is -0.189. The average Bonchev–Trinajstić information content (AvgIpc) is 2.71. The quantitative estimate of drug-likeness (QED) is 0.669. The minimum atomic E-state index is -0.478. The van der Waals surface area contributed by atoms with Crippen LogP contribution in [0.3, 0.4) is 0 Å². The zero-order valence-corrected chi connectivity index (χ0v) is 16.5. The van der Waals surface area contributed by atoms with Crippen LogP contribution >= 0.6 is 23.2 Å². The Morgan fingerprint density at radius 2 is 2.14 bits per heavy atom. The molecular weight excluding hydrogens is 424 g/mol. The molecule has 2 aliphatic rings. The molecule has 2 aromatic rings. The van der Waals surface area contributed by atoms with Crippen LogP contribution in [0.2, 0.25) is 5.02 Å². The summed E-state index contributed by atoms with van der Waals surface area (Å²) in [5.41, 5.74) is 7.31. The van der Waals surface area contributed by atoms with E-state index < -0.39 is 11.7 Å². The number of hydrogen-bond acceptors (Lipinski definition) is 7. The van der Waals surface area contributed by atoms with Crippen LogP contribution in [0.15, 0.2) is 28.9 Å². The fourth-order valence-electron chi connectivity index (χ4n) is 3.22. The molecule has 0 spiro atoms. The van der Waals surface area contributed by atoms with Gasteiger partial charge >= 0.3 is 0 Å². The molecule has 3 heterocycles. The minimum Gasteiger partial charge on any atom is -0.437 e. The van der Waals surface area contributed by atoms with Crippen molar-refractivity contribution in [2.45, 2.75) is 19.6 Å². The number of hydrazine groups is 1. The molecule has 0 atom stereocenters. The van der Waals surface area contributed by atoms with Crippen molar-refractivity contribution in [3.8, 4) is 11.6 Å². The number of aliphatic hydroxyl groups is 1. The highest BCUT2D eigenvalue weighted by Gasteiger charge is 2.29. The van der Waals surface area contributed by atoms with E-state index in [-0.39, 0.29) is 34.1 Å². The normalized spacial score (nSPS) is 16.6. The van der Waals surface area contributed by atoms with E-state index in [0.29, 0.717) is 37.4 Å². The predicted octanol–water partition coefficient (Wildman–Crippen LogP) is 2.00. The van der Waals surface area contributed by atoms with Crippen LogP contribution in [0.1, 0.15) is 17.1 Å². The van der Waals surface area contributed by atoms with Gasteiger partial charge in [0.25, 0.3) is 5.91 Å². The Hall–Kier alpha value is -2.46. The van der Waals surface area contributed by atoms with Crippen molar-refractivity contribution in [3.05, 3.63) is 56.9 Å². The van der Waals surface area contributed by atoms with Gasteiger partial charge in [0.05, 0.1) is 29.5 Å². The molecule has 152 valence electrons. The molecule has 4 rings (SSSR count). The predicted molar refractivity (Wildman–Crippen MR) is 103 cm³/mol. The zero-order chi connectivity index (χ0) is 20.5. The maximum atomic E-state index is 13.3. The van der Waals surface area contributed by atoms with Gasteiger partial charge in [-0.15, -0.1) is 0 Å². The first-order valence-corrected chi connectivity index (χ1v) is 9.51. The second kappa shape index (κ2) is 8.11. The number of fused-ring (bicyclic) bond motifs is 1. The second-order valence-corrected chi connectivity index (χ2v) is 7.23. The van der Waals surface area contributed by atoms with Crippen LogP contribution in [-0.2, 0) is 24.4 Å². The molecule has 1 amide bonds. The van der Waals surface area contributed by atoms with Crippen LogP contribution in [0.5, 0.6) is 11.6 Å². The number of hydrogen-bond donors (Lipinski definition) is 3. The molecule has 0 bridgehead atoms. The molecule has 29 heavy (non-hydrogen) atoms. The molecule has 2 aliphatic heterocycles. The molecule has 8 nitrogen and oxygen atoms in total. The van der Waals surface area contributed by atoms with Gasteiger partial charge < -0.3 is 14.7 Å². The number of carbonyl (C=O) groups is 1. The largest absolute Gasteiger partial charge is 0.437 e. The summed E-state index contributed by atoms with van der Waals surface area (Å²) in [4.78, 5) is 22.4. The number of nitrogens with zero attached hydrogens (tertiary/aromatic N) is 3. The summed E-state index contributed by atoms with van der Waals surface area (Å²) < 4.78 is 19.1. The van der Waals surface area contributed by atoms with Crippen molar-refractivity contribution in [3.63, 3.8) is 0 Å². The number of benzene rings is 1. The van der Waals surface area contributed by atoms with E-state index in [2.05, 4.69) is 20.8 Å². The van der Waals surface area contributed by atoms with E-state index in [9.17, 15) is 14.3 Å². The van der Waals surface area contributed by atoms with Crippen molar-refractivity contribution in [2.24, 2.45) is 0 Å². The topological polar surface area (TPSA) is 99.6 Å². The van der Waals surface area contributed by atoms with Crippen molar-refractivity contribution in [1.29, 1.82) is 0 Å². The highest BCUT2D eigenvalue weighted by molar-refractivity contribution is 6.42. The Kier molecular flexibility index (Phi) is 5.55. The fraction of sp³-hybridized carbons (Fsp3) is 0.278. The number of halogens is 3. The summed E-state index contributed by atoms with van der Waals surface area (Å²) in [7, 11) is 0. The number of amides is 1. The first-order valence-electron chi connectivity index (χ1n) is 8.75. The highest BCUT2D eigenvalue weighted by atomic mass is 35.5. The lowest BCUT2D eigenvalue weighted by Crippen LogP contribution is -2.47. The third-order valence-corrected chi connectivity index (χ3v) is 5.29. The maximum absolute atomic E-state index is 13.3. The van der Waals surface area contributed by atoms with Gasteiger partial charge in [0.1, 0.15) is 23.2 Å². The van der Waals surface area contributed by atoms with Gasteiger partial charge in [-0.2, -0.15) is 4.98 Å².